The number of nitrogens with zero attached hydrogens (tertiary/aromatic N) is 2. The van der Waals surface area contributed by atoms with Crippen molar-refractivity contribution in [3.8, 4) is 0 Å². The SMILES string of the molecule is Cl.Cn1cnc(S(=O)(=O)NC2CCC(N)CC2)c1. The van der Waals surface area contributed by atoms with Crippen molar-refractivity contribution in [3.63, 3.8) is 0 Å². The number of sulfonamides is 1. The van der Waals surface area contributed by atoms with Gasteiger partial charge in [0.1, 0.15) is 0 Å². The third-order valence-corrected chi connectivity index (χ3v) is 4.46. The molecule has 1 fully saturated rings. The molecule has 8 heteroatoms. The second-order valence-corrected chi connectivity index (χ2v) is 6.27. The second-order valence-electron chi connectivity index (χ2n) is 4.61. The number of aryl methyl sites for hydroxylation is 1. The molecular weight excluding hydrogens is 276 g/mol. The van der Waals surface area contributed by atoms with E-state index in [0.717, 1.165) is 25.7 Å². The van der Waals surface area contributed by atoms with E-state index in [1.807, 2.05) is 0 Å². The van der Waals surface area contributed by atoms with Gasteiger partial charge in [0.25, 0.3) is 10.0 Å². The molecule has 0 aliphatic heterocycles. The molecule has 0 unspecified atom stereocenters. The molecule has 104 valence electrons. The van der Waals surface area contributed by atoms with Gasteiger partial charge in [0.2, 0.25) is 0 Å². The van der Waals surface area contributed by atoms with E-state index in [1.165, 1.54) is 12.5 Å². The molecule has 0 bridgehead atoms. The Bertz CT molecular complexity index is 480. The molecule has 1 aliphatic carbocycles. The Labute approximate surface area is 113 Å². The van der Waals surface area contributed by atoms with Crippen LogP contribution in [0.2, 0.25) is 0 Å². The zero-order chi connectivity index (χ0) is 12.5. The summed E-state index contributed by atoms with van der Waals surface area (Å²) in [5, 5.41) is 0.0786. The lowest BCUT2D eigenvalue weighted by atomic mass is 9.93. The van der Waals surface area contributed by atoms with Crippen LogP contribution in [0.4, 0.5) is 0 Å². The smallest absolute Gasteiger partial charge is 0.259 e. The molecule has 3 N–H and O–H groups in total. The van der Waals surface area contributed by atoms with E-state index in [0.29, 0.717) is 0 Å². The van der Waals surface area contributed by atoms with Crippen LogP contribution in [-0.4, -0.2) is 30.1 Å². The predicted octanol–water partition coefficient (Wildman–Crippen LogP) is 0.390. The molecule has 0 spiro atoms. The summed E-state index contributed by atoms with van der Waals surface area (Å²) in [4.78, 5) is 3.86. The topological polar surface area (TPSA) is 90.0 Å². The molecule has 1 aromatic heterocycles. The molecule has 0 amide bonds. The number of hydrogen-bond acceptors (Lipinski definition) is 4. The lowest BCUT2D eigenvalue weighted by Gasteiger charge is -2.26. The van der Waals surface area contributed by atoms with Crippen LogP contribution in [0.3, 0.4) is 0 Å². The van der Waals surface area contributed by atoms with Crippen molar-refractivity contribution in [2.45, 2.75) is 42.8 Å². The van der Waals surface area contributed by atoms with Gasteiger partial charge < -0.3 is 10.3 Å². The number of halogens is 1. The van der Waals surface area contributed by atoms with Crippen LogP contribution >= 0.6 is 12.4 Å². The molecule has 1 heterocycles. The fraction of sp³-hybridized carbons (Fsp3) is 0.700. The first-order valence-corrected chi connectivity index (χ1v) is 7.21. The second kappa shape index (κ2) is 6.01. The lowest BCUT2D eigenvalue weighted by Crippen LogP contribution is -2.40. The average Bonchev–Trinajstić information content (AvgIpc) is 2.69. The highest BCUT2D eigenvalue weighted by atomic mass is 35.5. The first-order valence-electron chi connectivity index (χ1n) is 5.73. The van der Waals surface area contributed by atoms with Crippen molar-refractivity contribution in [2.24, 2.45) is 12.8 Å². The van der Waals surface area contributed by atoms with Gasteiger partial charge in [-0.25, -0.2) is 18.1 Å². The first-order chi connectivity index (χ1) is 7.97. The number of hydrogen-bond donors (Lipinski definition) is 2. The molecule has 0 aromatic carbocycles. The van der Waals surface area contributed by atoms with E-state index in [1.54, 1.807) is 11.6 Å². The summed E-state index contributed by atoms with van der Waals surface area (Å²) in [5.74, 6) is 0. The van der Waals surface area contributed by atoms with E-state index in [9.17, 15) is 8.42 Å². The maximum Gasteiger partial charge on any atom is 0.259 e. The Kier molecular flexibility index (Phi) is 5.15. The van der Waals surface area contributed by atoms with Gasteiger partial charge in [-0.1, -0.05) is 0 Å². The summed E-state index contributed by atoms with van der Waals surface area (Å²) in [6, 6.07) is 0.201. The Morgan fingerprint density at radius 2 is 2.00 bits per heavy atom. The highest BCUT2D eigenvalue weighted by Crippen LogP contribution is 2.18. The Morgan fingerprint density at radius 1 is 1.39 bits per heavy atom. The van der Waals surface area contributed by atoms with Crippen molar-refractivity contribution in [3.05, 3.63) is 12.5 Å². The zero-order valence-corrected chi connectivity index (χ0v) is 11.9. The van der Waals surface area contributed by atoms with Gasteiger partial charge in [-0.3, -0.25) is 0 Å². The van der Waals surface area contributed by atoms with Crippen LogP contribution in [-0.2, 0) is 17.1 Å². The predicted molar refractivity (Wildman–Crippen MR) is 71.0 cm³/mol. The van der Waals surface area contributed by atoms with Gasteiger partial charge in [0, 0.05) is 25.3 Å². The molecule has 2 rings (SSSR count). The summed E-state index contributed by atoms with van der Waals surface area (Å²) in [5.41, 5.74) is 5.78. The standard InChI is InChI=1S/C10H18N4O2S.ClH/c1-14-6-10(12-7-14)17(15,16)13-9-4-2-8(11)3-5-9;/h6-9,13H,2-5,11H2,1H3;1H. The average molecular weight is 295 g/mol. The van der Waals surface area contributed by atoms with Gasteiger partial charge >= 0.3 is 0 Å². The quantitative estimate of drug-likeness (QED) is 0.844. The van der Waals surface area contributed by atoms with Crippen molar-refractivity contribution >= 4 is 22.4 Å². The summed E-state index contributed by atoms with van der Waals surface area (Å²) in [6.07, 6.45) is 6.31. The Hall–Kier alpha value is -0.630. The fourth-order valence-electron chi connectivity index (χ4n) is 2.04. The number of nitrogens with one attached hydrogen (secondary N) is 1. The minimum absolute atomic E-state index is 0. The summed E-state index contributed by atoms with van der Waals surface area (Å²) < 4.78 is 28.3. The highest BCUT2D eigenvalue weighted by molar-refractivity contribution is 7.89. The van der Waals surface area contributed by atoms with Crippen molar-refractivity contribution in [2.75, 3.05) is 0 Å². The minimum Gasteiger partial charge on any atom is -0.339 e. The van der Waals surface area contributed by atoms with Crippen LogP contribution in [0, 0.1) is 0 Å². The third-order valence-electron chi connectivity index (χ3n) is 3.05. The van der Waals surface area contributed by atoms with Crippen LogP contribution in [0.25, 0.3) is 0 Å². The lowest BCUT2D eigenvalue weighted by molar-refractivity contribution is 0.373. The molecule has 1 aliphatic rings. The largest absolute Gasteiger partial charge is 0.339 e. The van der Waals surface area contributed by atoms with E-state index in [2.05, 4.69) is 9.71 Å². The van der Waals surface area contributed by atoms with Crippen molar-refractivity contribution < 1.29 is 8.42 Å². The minimum atomic E-state index is -3.48. The number of nitrogens with two attached hydrogens (primary N) is 1. The maximum atomic E-state index is 12.0. The summed E-state index contributed by atoms with van der Waals surface area (Å²) >= 11 is 0. The molecule has 18 heavy (non-hydrogen) atoms. The maximum absolute atomic E-state index is 12.0. The molecule has 0 atom stereocenters. The Morgan fingerprint density at radius 3 is 2.50 bits per heavy atom. The van der Waals surface area contributed by atoms with Gasteiger partial charge in [0.15, 0.2) is 5.03 Å². The monoisotopic (exact) mass is 294 g/mol. The van der Waals surface area contributed by atoms with Crippen LogP contribution in [0.15, 0.2) is 17.6 Å². The van der Waals surface area contributed by atoms with E-state index in [-0.39, 0.29) is 29.5 Å². The van der Waals surface area contributed by atoms with E-state index >= 15 is 0 Å². The molecule has 0 radical (unpaired) electrons. The molecule has 1 saturated carbocycles. The fourth-order valence-corrected chi connectivity index (χ4v) is 3.33. The molecular formula is C10H19ClN4O2S. The number of aromatic nitrogens is 2. The van der Waals surface area contributed by atoms with E-state index in [4.69, 9.17) is 5.73 Å². The van der Waals surface area contributed by atoms with Gasteiger partial charge in [0.05, 0.1) is 6.33 Å². The van der Waals surface area contributed by atoms with Crippen molar-refractivity contribution in [1.82, 2.24) is 14.3 Å². The molecule has 6 nitrogen and oxygen atoms in total. The number of imidazole rings is 1. The van der Waals surface area contributed by atoms with Crippen LogP contribution in [0.5, 0.6) is 0 Å². The third kappa shape index (κ3) is 3.68. The highest BCUT2D eigenvalue weighted by Gasteiger charge is 2.25. The van der Waals surface area contributed by atoms with Crippen LogP contribution < -0.4 is 10.5 Å². The zero-order valence-electron chi connectivity index (χ0n) is 10.2. The van der Waals surface area contributed by atoms with E-state index < -0.39 is 10.0 Å². The van der Waals surface area contributed by atoms with Gasteiger partial charge in [-0.15, -0.1) is 12.4 Å². The summed E-state index contributed by atoms with van der Waals surface area (Å²) in [7, 11) is -1.74. The van der Waals surface area contributed by atoms with Gasteiger partial charge in [-0.05, 0) is 25.7 Å². The van der Waals surface area contributed by atoms with Crippen LogP contribution in [0.1, 0.15) is 25.7 Å². The normalized spacial score (nSPS) is 24.6. The summed E-state index contributed by atoms with van der Waals surface area (Å²) in [6.45, 7) is 0. The molecule has 1 aromatic rings. The molecule has 0 saturated heterocycles. The number of rotatable bonds is 3. The Balaban J connectivity index is 0.00000162. The van der Waals surface area contributed by atoms with Crippen molar-refractivity contribution in [1.29, 1.82) is 0 Å². The first kappa shape index (κ1) is 15.4. The van der Waals surface area contributed by atoms with Gasteiger partial charge in [-0.2, -0.15) is 0 Å².